The highest BCUT2D eigenvalue weighted by molar-refractivity contribution is 7.87. The van der Waals surface area contributed by atoms with Gasteiger partial charge in [0.15, 0.2) is 0 Å². The Kier molecular flexibility index (Phi) is 5.22. The van der Waals surface area contributed by atoms with E-state index in [9.17, 15) is 13.2 Å². The first kappa shape index (κ1) is 17.4. The highest BCUT2D eigenvalue weighted by Crippen LogP contribution is 2.32. The second kappa shape index (κ2) is 7.21. The average Bonchev–Trinajstić information content (AvgIpc) is 2.98. The minimum atomic E-state index is -3.62. The largest absolute Gasteiger partial charge is 0.466 e. The maximum Gasteiger partial charge on any atom is 0.310 e. The van der Waals surface area contributed by atoms with Crippen LogP contribution in [0.5, 0.6) is 0 Å². The van der Waals surface area contributed by atoms with Gasteiger partial charge in [-0.3, -0.25) is 4.79 Å². The van der Waals surface area contributed by atoms with E-state index >= 15 is 0 Å². The van der Waals surface area contributed by atoms with Crippen molar-refractivity contribution in [2.24, 2.45) is 5.92 Å². The molecule has 0 bridgehead atoms. The molecule has 132 valence electrons. The van der Waals surface area contributed by atoms with Gasteiger partial charge in [0.05, 0.1) is 12.5 Å². The molecule has 1 aromatic carbocycles. The lowest BCUT2D eigenvalue weighted by atomic mass is 10.0. The van der Waals surface area contributed by atoms with E-state index < -0.39 is 10.2 Å². The van der Waals surface area contributed by atoms with Crippen molar-refractivity contribution in [2.45, 2.75) is 38.6 Å². The smallest absolute Gasteiger partial charge is 0.310 e. The van der Waals surface area contributed by atoms with Crippen molar-refractivity contribution < 1.29 is 17.9 Å². The van der Waals surface area contributed by atoms with Crippen LogP contribution in [-0.4, -0.2) is 38.4 Å². The molecule has 2 aliphatic rings. The van der Waals surface area contributed by atoms with Crippen LogP contribution in [0.3, 0.4) is 0 Å². The molecule has 1 saturated heterocycles. The minimum Gasteiger partial charge on any atom is -0.466 e. The van der Waals surface area contributed by atoms with Gasteiger partial charge in [0.1, 0.15) is 0 Å². The normalized spacial score (nSPS) is 24.5. The fourth-order valence-electron chi connectivity index (χ4n) is 3.55. The van der Waals surface area contributed by atoms with Gasteiger partial charge >= 0.3 is 5.97 Å². The van der Waals surface area contributed by atoms with E-state index in [1.165, 1.54) is 9.87 Å². The number of benzene rings is 1. The number of carbonyl (C=O) groups is 1. The third kappa shape index (κ3) is 3.63. The number of nitrogens with zero attached hydrogens (tertiary/aromatic N) is 1. The zero-order chi connectivity index (χ0) is 17.2. The van der Waals surface area contributed by atoms with Crippen molar-refractivity contribution in [3.63, 3.8) is 0 Å². The zero-order valence-corrected chi connectivity index (χ0v) is 14.7. The second-order valence-corrected chi connectivity index (χ2v) is 8.06. The molecule has 1 heterocycles. The highest BCUT2D eigenvalue weighted by Gasteiger charge is 2.35. The number of aryl methyl sites for hydroxylation is 1. The number of carbonyl (C=O) groups excluding carboxylic acids is 1. The molecule has 0 unspecified atom stereocenters. The van der Waals surface area contributed by atoms with E-state index in [0.717, 1.165) is 18.4 Å². The number of nitrogens with one attached hydrogen (secondary N) is 1. The van der Waals surface area contributed by atoms with Crippen LogP contribution in [-0.2, 0) is 26.2 Å². The van der Waals surface area contributed by atoms with Crippen molar-refractivity contribution >= 4 is 16.2 Å². The molecular formula is C17H24N2O4S. The fourth-order valence-corrected chi connectivity index (χ4v) is 5.05. The molecular weight excluding hydrogens is 328 g/mol. The minimum absolute atomic E-state index is 0.186. The van der Waals surface area contributed by atoms with E-state index in [1.807, 2.05) is 24.3 Å². The first-order chi connectivity index (χ1) is 11.5. The molecule has 0 spiro atoms. The predicted octanol–water partition coefficient (Wildman–Crippen LogP) is 1.78. The van der Waals surface area contributed by atoms with Crippen LogP contribution in [0.2, 0.25) is 0 Å². The molecule has 1 aliphatic carbocycles. The van der Waals surface area contributed by atoms with E-state index in [0.29, 0.717) is 26.0 Å². The number of esters is 1. The Morgan fingerprint density at radius 1 is 1.33 bits per heavy atom. The van der Waals surface area contributed by atoms with Crippen LogP contribution in [0.4, 0.5) is 0 Å². The van der Waals surface area contributed by atoms with E-state index in [4.69, 9.17) is 4.74 Å². The van der Waals surface area contributed by atoms with Gasteiger partial charge in [0.2, 0.25) is 0 Å². The van der Waals surface area contributed by atoms with Crippen molar-refractivity contribution in [1.82, 2.24) is 9.03 Å². The van der Waals surface area contributed by atoms with E-state index in [1.54, 1.807) is 6.92 Å². The molecule has 2 atom stereocenters. The molecule has 0 radical (unpaired) electrons. The van der Waals surface area contributed by atoms with Gasteiger partial charge in [-0.1, -0.05) is 24.3 Å². The summed E-state index contributed by atoms with van der Waals surface area (Å²) in [4.78, 5) is 11.9. The highest BCUT2D eigenvalue weighted by atomic mass is 32.2. The molecule has 24 heavy (non-hydrogen) atoms. The van der Waals surface area contributed by atoms with Gasteiger partial charge in [-0.25, -0.2) is 0 Å². The third-order valence-electron chi connectivity index (χ3n) is 4.77. The summed E-state index contributed by atoms with van der Waals surface area (Å²) in [6.45, 7) is 2.72. The first-order valence-electron chi connectivity index (χ1n) is 8.53. The first-order valence-corrected chi connectivity index (χ1v) is 9.97. The summed E-state index contributed by atoms with van der Waals surface area (Å²) in [5.41, 5.74) is 2.26. The molecule has 0 amide bonds. The Hall–Kier alpha value is -1.44. The number of rotatable bonds is 5. The molecule has 1 N–H and O–H groups in total. The predicted molar refractivity (Wildman–Crippen MR) is 90.5 cm³/mol. The second-order valence-electron chi connectivity index (χ2n) is 6.36. The van der Waals surface area contributed by atoms with Crippen LogP contribution >= 0.6 is 0 Å². The lowest BCUT2D eigenvalue weighted by molar-refractivity contribution is -0.149. The SMILES string of the molecule is CCOC(=O)[C@@H]1CCCN(S(=O)(=O)N[C@@H]2CCc3ccccc32)C1. The van der Waals surface area contributed by atoms with Crippen molar-refractivity contribution in [3.8, 4) is 0 Å². The molecule has 3 rings (SSSR count). The van der Waals surface area contributed by atoms with Gasteiger partial charge in [0, 0.05) is 19.1 Å². The maximum atomic E-state index is 12.7. The lowest BCUT2D eigenvalue weighted by Gasteiger charge is -2.31. The number of fused-ring (bicyclic) bond motifs is 1. The molecule has 0 aromatic heterocycles. The monoisotopic (exact) mass is 352 g/mol. The number of ether oxygens (including phenoxy) is 1. The van der Waals surface area contributed by atoms with Gasteiger partial charge in [-0.2, -0.15) is 17.4 Å². The fraction of sp³-hybridized carbons (Fsp3) is 0.588. The molecule has 6 nitrogen and oxygen atoms in total. The van der Waals surface area contributed by atoms with Crippen LogP contribution in [0.15, 0.2) is 24.3 Å². The van der Waals surface area contributed by atoms with Gasteiger partial charge in [0.25, 0.3) is 10.2 Å². The van der Waals surface area contributed by atoms with Crippen molar-refractivity contribution in [2.75, 3.05) is 19.7 Å². The number of hydrogen-bond donors (Lipinski definition) is 1. The topological polar surface area (TPSA) is 75.7 Å². The van der Waals surface area contributed by atoms with Crippen LogP contribution in [0.25, 0.3) is 0 Å². The maximum absolute atomic E-state index is 12.7. The lowest BCUT2D eigenvalue weighted by Crippen LogP contribution is -2.48. The van der Waals surface area contributed by atoms with Crippen LogP contribution < -0.4 is 4.72 Å². The Morgan fingerprint density at radius 3 is 2.92 bits per heavy atom. The Bertz CT molecular complexity index is 704. The van der Waals surface area contributed by atoms with Crippen LogP contribution in [0.1, 0.15) is 43.4 Å². The quantitative estimate of drug-likeness (QED) is 0.820. The average molecular weight is 352 g/mol. The van der Waals surface area contributed by atoms with Gasteiger partial charge in [-0.15, -0.1) is 0 Å². The van der Waals surface area contributed by atoms with Crippen molar-refractivity contribution in [3.05, 3.63) is 35.4 Å². The summed E-state index contributed by atoms with van der Waals surface area (Å²) < 4.78 is 34.7. The summed E-state index contributed by atoms with van der Waals surface area (Å²) >= 11 is 0. The van der Waals surface area contributed by atoms with E-state index in [-0.39, 0.29) is 24.5 Å². The summed E-state index contributed by atoms with van der Waals surface area (Å²) in [7, 11) is -3.62. The summed E-state index contributed by atoms with van der Waals surface area (Å²) in [5.74, 6) is -0.672. The van der Waals surface area contributed by atoms with E-state index in [2.05, 4.69) is 4.72 Å². The Labute approximate surface area is 143 Å². The van der Waals surface area contributed by atoms with Crippen LogP contribution in [0, 0.1) is 5.92 Å². The Morgan fingerprint density at radius 2 is 2.12 bits per heavy atom. The molecule has 1 fully saturated rings. The molecule has 0 saturated carbocycles. The Balaban J connectivity index is 1.68. The summed E-state index contributed by atoms with van der Waals surface area (Å²) in [5, 5.41) is 0. The molecule has 1 aliphatic heterocycles. The summed E-state index contributed by atoms with van der Waals surface area (Å²) in [6.07, 6.45) is 3.01. The standard InChI is InChI=1S/C17H24N2O4S/c1-2-23-17(20)14-7-5-11-19(12-14)24(21,22)18-16-10-9-13-6-3-4-8-15(13)16/h3-4,6,8,14,16,18H,2,5,7,9-12H2,1H3/t14-,16-/m1/s1. The zero-order valence-electron chi connectivity index (χ0n) is 13.9. The third-order valence-corrected chi connectivity index (χ3v) is 6.36. The van der Waals surface area contributed by atoms with Gasteiger partial charge in [-0.05, 0) is 43.7 Å². The summed E-state index contributed by atoms with van der Waals surface area (Å²) in [6, 6.07) is 7.75. The number of piperidine rings is 1. The molecule has 1 aromatic rings. The number of hydrogen-bond acceptors (Lipinski definition) is 4. The molecule has 7 heteroatoms. The van der Waals surface area contributed by atoms with Gasteiger partial charge < -0.3 is 4.74 Å². The van der Waals surface area contributed by atoms with Crippen molar-refractivity contribution in [1.29, 1.82) is 0 Å².